The molecule has 126 valence electrons. The zero-order valence-electron chi connectivity index (χ0n) is 13.4. The number of anilines is 1. The molecule has 1 atom stereocenters. The highest BCUT2D eigenvalue weighted by molar-refractivity contribution is 7.87. The van der Waals surface area contributed by atoms with Gasteiger partial charge in [0.1, 0.15) is 5.82 Å². The lowest BCUT2D eigenvalue weighted by Crippen LogP contribution is -2.40. The third kappa shape index (κ3) is 3.62. The highest BCUT2D eigenvalue weighted by Gasteiger charge is 2.31. The van der Waals surface area contributed by atoms with Gasteiger partial charge in [-0.25, -0.2) is 14.2 Å². The number of aromatic nitrogens is 3. The molecule has 0 aromatic carbocycles. The Hall–Kier alpha value is -1.71. The molecule has 1 fully saturated rings. The maximum absolute atomic E-state index is 12.1. The van der Waals surface area contributed by atoms with Crippen LogP contribution in [0.2, 0.25) is 0 Å². The Kier molecular flexibility index (Phi) is 4.51. The Labute approximate surface area is 136 Å². The number of imidazole rings is 1. The van der Waals surface area contributed by atoms with Gasteiger partial charge >= 0.3 is 0 Å². The van der Waals surface area contributed by atoms with Gasteiger partial charge in [0.2, 0.25) is 0 Å². The Morgan fingerprint density at radius 1 is 1.39 bits per heavy atom. The molecule has 1 saturated heterocycles. The zero-order valence-corrected chi connectivity index (χ0v) is 14.2. The molecule has 0 amide bonds. The average molecular weight is 338 g/mol. The molecular weight excluding hydrogens is 316 g/mol. The third-order valence-electron chi connectivity index (χ3n) is 3.82. The second-order valence-electron chi connectivity index (χ2n) is 5.79. The van der Waals surface area contributed by atoms with E-state index in [1.807, 2.05) is 32.2 Å². The van der Waals surface area contributed by atoms with Crippen molar-refractivity contribution in [2.45, 2.75) is 32.7 Å². The summed E-state index contributed by atoms with van der Waals surface area (Å²) in [5.41, 5.74) is 1.71. The molecule has 2 N–H and O–H groups in total. The molecule has 2 aromatic heterocycles. The summed E-state index contributed by atoms with van der Waals surface area (Å²) in [5.74, 6) is 0.723. The molecule has 9 heteroatoms. The largest absolute Gasteiger partial charge is 0.365 e. The van der Waals surface area contributed by atoms with Gasteiger partial charge in [-0.1, -0.05) is 6.92 Å². The number of nitrogens with zero attached hydrogens (tertiary/aromatic N) is 4. The SMILES string of the molecule is CCCNS(=O)(=O)N1CCC(Nc2ccc3nc(C)cn3n2)C1. The molecule has 8 nitrogen and oxygen atoms in total. The quantitative estimate of drug-likeness (QED) is 0.812. The van der Waals surface area contributed by atoms with Gasteiger partial charge in [0.05, 0.1) is 11.9 Å². The predicted octanol–water partition coefficient (Wildman–Crippen LogP) is 0.768. The summed E-state index contributed by atoms with van der Waals surface area (Å²) in [7, 11) is -3.37. The molecule has 3 heterocycles. The van der Waals surface area contributed by atoms with Gasteiger partial charge < -0.3 is 5.32 Å². The van der Waals surface area contributed by atoms with Crippen molar-refractivity contribution in [3.05, 3.63) is 24.0 Å². The Morgan fingerprint density at radius 2 is 2.22 bits per heavy atom. The monoisotopic (exact) mass is 338 g/mol. The van der Waals surface area contributed by atoms with Crippen molar-refractivity contribution in [1.82, 2.24) is 23.6 Å². The number of rotatable bonds is 6. The molecule has 2 aromatic rings. The van der Waals surface area contributed by atoms with E-state index in [1.54, 1.807) is 4.52 Å². The van der Waals surface area contributed by atoms with Crippen LogP contribution in [0.1, 0.15) is 25.5 Å². The van der Waals surface area contributed by atoms with E-state index in [9.17, 15) is 8.42 Å². The van der Waals surface area contributed by atoms with Crippen LogP contribution in [-0.2, 0) is 10.2 Å². The van der Waals surface area contributed by atoms with E-state index in [1.165, 1.54) is 4.31 Å². The predicted molar refractivity (Wildman–Crippen MR) is 88.5 cm³/mol. The molecule has 0 spiro atoms. The van der Waals surface area contributed by atoms with Crippen molar-refractivity contribution in [2.75, 3.05) is 25.0 Å². The van der Waals surface area contributed by atoms with Gasteiger partial charge in [-0.15, -0.1) is 5.10 Å². The number of aryl methyl sites for hydroxylation is 1. The van der Waals surface area contributed by atoms with Crippen molar-refractivity contribution < 1.29 is 8.42 Å². The van der Waals surface area contributed by atoms with E-state index in [-0.39, 0.29) is 6.04 Å². The van der Waals surface area contributed by atoms with Crippen LogP contribution in [0.25, 0.3) is 5.65 Å². The first-order chi connectivity index (χ1) is 11.0. The summed E-state index contributed by atoms with van der Waals surface area (Å²) in [6.45, 7) is 5.29. The van der Waals surface area contributed by atoms with Crippen LogP contribution in [0.4, 0.5) is 5.82 Å². The van der Waals surface area contributed by atoms with E-state index in [4.69, 9.17) is 0 Å². The Balaban J connectivity index is 1.64. The first-order valence-electron chi connectivity index (χ1n) is 7.82. The van der Waals surface area contributed by atoms with E-state index in [0.29, 0.717) is 19.6 Å². The van der Waals surface area contributed by atoms with Crippen LogP contribution >= 0.6 is 0 Å². The minimum absolute atomic E-state index is 0.0581. The van der Waals surface area contributed by atoms with Gasteiger partial charge in [0, 0.05) is 25.7 Å². The summed E-state index contributed by atoms with van der Waals surface area (Å²) in [5, 5.41) is 7.76. The molecule has 23 heavy (non-hydrogen) atoms. The number of nitrogens with one attached hydrogen (secondary N) is 2. The average Bonchev–Trinajstić information content (AvgIpc) is 3.11. The lowest BCUT2D eigenvalue weighted by molar-refractivity contribution is 0.462. The topological polar surface area (TPSA) is 91.6 Å². The summed E-state index contributed by atoms with van der Waals surface area (Å²) in [6.07, 6.45) is 3.40. The fourth-order valence-electron chi connectivity index (χ4n) is 2.67. The van der Waals surface area contributed by atoms with Crippen molar-refractivity contribution >= 4 is 21.7 Å². The number of hydrogen-bond donors (Lipinski definition) is 2. The standard InChI is InChI=1S/C14H22N6O2S/c1-3-7-15-23(21,22)19-8-6-12(10-19)17-13-4-5-14-16-11(2)9-20(14)18-13/h4-5,9,12,15H,3,6-8,10H2,1-2H3,(H,17,18). The molecular formula is C14H22N6O2S. The maximum Gasteiger partial charge on any atom is 0.279 e. The molecule has 1 unspecified atom stereocenters. The zero-order chi connectivity index (χ0) is 16.4. The van der Waals surface area contributed by atoms with Gasteiger partial charge in [-0.3, -0.25) is 0 Å². The fourth-order valence-corrected chi connectivity index (χ4v) is 4.04. The molecule has 1 aliphatic rings. The second kappa shape index (κ2) is 6.42. The van der Waals surface area contributed by atoms with Gasteiger partial charge in [-0.2, -0.15) is 12.7 Å². The first kappa shape index (κ1) is 16.2. The third-order valence-corrected chi connectivity index (χ3v) is 5.40. The minimum atomic E-state index is -3.37. The number of fused-ring (bicyclic) bond motifs is 1. The maximum atomic E-state index is 12.1. The van der Waals surface area contributed by atoms with Crippen molar-refractivity contribution in [1.29, 1.82) is 0 Å². The van der Waals surface area contributed by atoms with Crippen molar-refractivity contribution in [3.63, 3.8) is 0 Å². The summed E-state index contributed by atoms with van der Waals surface area (Å²) < 4.78 is 30.1. The molecule has 1 aliphatic heterocycles. The molecule has 0 aliphatic carbocycles. The Bertz CT molecular complexity index is 788. The normalized spacial score (nSPS) is 19.5. The summed E-state index contributed by atoms with van der Waals surface area (Å²) >= 11 is 0. The lowest BCUT2D eigenvalue weighted by atomic mass is 10.2. The van der Waals surface area contributed by atoms with Crippen LogP contribution in [0.5, 0.6) is 0 Å². The van der Waals surface area contributed by atoms with Crippen LogP contribution < -0.4 is 10.0 Å². The molecule has 0 bridgehead atoms. The highest BCUT2D eigenvalue weighted by Crippen LogP contribution is 2.17. The molecule has 0 radical (unpaired) electrons. The lowest BCUT2D eigenvalue weighted by Gasteiger charge is -2.17. The van der Waals surface area contributed by atoms with Crippen LogP contribution in [-0.4, -0.2) is 53.0 Å². The fraction of sp³-hybridized carbons (Fsp3) is 0.571. The second-order valence-corrected chi connectivity index (χ2v) is 7.55. The van der Waals surface area contributed by atoms with Crippen molar-refractivity contribution in [3.8, 4) is 0 Å². The summed E-state index contributed by atoms with van der Waals surface area (Å²) in [6, 6.07) is 3.82. The Morgan fingerprint density at radius 3 is 3.00 bits per heavy atom. The van der Waals surface area contributed by atoms with Gasteiger partial charge in [-0.05, 0) is 31.9 Å². The van der Waals surface area contributed by atoms with E-state index in [0.717, 1.165) is 30.0 Å². The van der Waals surface area contributed by atoms with Crippen molar-refractivity contribution in [2.24, 2.45) is 0 Å². The highest BCUT2D eigenvalue weighted by atomic mass is 32.2. The molecule has 0 saturated carbocycles. The van der Waals surface area contributed by atoms with E-state index in [2.05, 4.69) is 20.1 Å². The number of hydrogen-bond acceptors (Lipinski definition) is 5. The smallest absolute Gasteiger partial charge is 0.279 e. The summed E-state index contributed by atoms with van der Waals surface area (Å²) in [4.78, 5) is 4.34. The van der Waals surface area contributed by atoms with E-state index >= 15 is 0 Å². The van der Waals surface area contributed by atoms with Gasteiger partial charge in [0.25, 0.3) is 10.2 Å². The van der Waals surface area contributed by atoms with Crippen LogP contribution in [0.15, 0.2) is 18.3 Å². The minimum Gasteiger partial charge on any atom is -0.365 e. The van der Waals surface area contributed by atoms with Crippen LogP contribution in [0, 0.1) is 6.92 Å². The van der Waals surface area contributed by atoms with E-state index < -0.39 is 10.2 Å². The van der Waals surface area contributed by atoms with Crippen LogP contribution in [0.3, 0.4) is 0 Å². The van der Waals surface area contributed by atoms with Gasteiger partial charge in [0.15, 0.2) is 5.65 Å². The molecule has 3 rings (SSSR count). The first-order valence-corrected chi connectivity index (χ1v) is 9.26.